The van der Waals surface area contributed by atoms with Gasteiger partial charge in [-0.1, -0.05) is 30.3 Å². The Labute approximate surface area is 119 Å². The molecule has 3 rings (SSSR count). The molecule has 0 unspecified atom stereocenters. The van der Waals surface area contributed by atoms with E-state index in [2.05, 4.69) is 5.32 Å². The van der Waals surface area contributed by atoms with Crippen LogP contribution >= 0.6 is 0 Å². The Morgan fingerprint density at radius 1 is 1.14 bits per heavy atom. The van der Waals surface area contributed by atoms with Crippen LogP contribution in [0.3, 0.4) is 0 Å². The summed E-state index contributed by atoms with van der Waals surface area (Å²) < 4.78 is 5.33. The van der Waals surface area contributed by atoms with Crippen molar-refractivity contribution < 1.29 is 14.1 Å². The molecular weight excluding hydrogens is 272 g/mol. The maximum atomic E-state index is 11.2. The summed E-state index contributed by atoms with van der Waals surface area (Å²) in [6.45, 7) is 0. The molecule has 1 aromatic heterocycles. The summed E-state index contributed by atoms with van der Waals surface area (Å²) in [7, 11) is 0. The van der Waals surface area contributed by atoms with E-state index in [1.807, 2.05) is 6.07 Å². The van der Waals surface area contributed by atoms with E-state index in [4.69, 9.17) is 4.42 Å². The molecule has 0 saturated heterocycles. The Balaban J connectivity index is 2.32. The van der Waals surface area contributed by atoms with Crippen LogP contribution in [-0.2, 0) is 4.79 Å². The number of carbonyl (C=O) groups excluding carboxylic acids is 1. The van der Waals surface area contributed by atoms with Crippen LogP contribution in [-0.4, -0.2) is 11.3 Å². The highest BCUT2D eigenvalue weighted by molar-refractivity contribution is 6.00. The Kier molecular flexibility index (Phi) is 3.12. The quantitative estimate of drug-likeness (QED) is 0.450. The van der Waals surface area contributed by atoms with Crippen molar-refractivity contribution in [3.05, 3.63) is 58.6 Å². The molecule has 0 aliphatic rings. The van der Waals surface area contributed by atoms with E-state index in [1.165, 1.54) is 0 Å². The highest BCUT2D eigenvalue weighted by Gasteiger charge is 2.25. The minimum absolute atomic E-state index is 0.306. The van der Waals surface area contributed by atoms with Crippen molar-refractivity contribution in [2.24, 2.45) is 0 Å². The highest BCUT2D eigenvalue weighted by atomic mass is 16.6. The number of nitro groups is 1. The molecule has 0 saturated carbocycles. The van der Waals surface area contributed by atoms with Crippen LogP contribution in [0.5, 0.6) is 0 Å². The topological polar surface area (TPSA) is 85.4 Å². The van der Waals surface area contributed by atoms with Gasteiger partial charge in [-0.25, -0.2) is 0 Å². The zero-order valence-electron chi connectivity index (χ0n) is 10.8. The molecule has 1 heterocycles. The first-order valence-corrected chi connectivity index (χ1v) is 6.17. The summed E-state index contributed by atoms with van der Waals surface area (Å²) in [5, 5.41) is 14.3. The lowest BCUT2D eigenvalue weighted by Gasteiger charge is -2.00. The molecule has 21 heavy (non-hydrogen) atoms. The highest BCUT2D eigenvalue weighted by Crippen LogP contribution is 2.40. The van der Waals surface area contributed by atoms with Crippen LogP contribution in [0.4, 0.5) is 11.6 Å². The fraction of sp³-hybridized carbons (Fsp3) is 0. The molecule has 0 spiro atoms. The average molecular weight is 282 g/mol. The van der Waals surface area contributed by atoms with E-state index in [1.54, 1.807) is 42.5 Å². The summed E-state index contributed by atoms with van der Waals surface area (Å²) >= 11 is 0. The summed E-state index contributed by atoms with van der Waals surface area (Å²) in [6, 6.07) is 13.9. The average Bonchev–Trinajstić information content (AvgIpc) is 2.87. The summed E-state index contributed by atoms with van der Waals surface area (Å²) in [4.78, 5) is 21.2. The number of nitrogens with one attached hydrogen (secondary N) is 1. The van der Waals surface area contributed by atoms with Crippen molar-refractivity contribution in [2.75, 3.05) is 5.32 Å². The van der Waals surface area contributed by atoms with Crippen LogP contribution < -0.4 is 5.32 Å². The van der Waals surface area contributed by atoms with Crippen molar-refractivity contribution in [3.63, 3.8) is 0 Å². The number of hydrogen-bond donors (Lipinski definition) is 1. The number of fused-ring (bicyclic) bond motifs is 1. The lowest BCUT2D eigenvalue weighted by molar-refractivity contribution is -0.400. The number of nitrogens with zero attached hydrogens (tertiary/aromatic N) is 1. The molecule has 0 radical (unpaired) electrons. The molecule has 0 aliphatic carbocycles. The van der Waals surface area contributed by atoms with Gasteiger partial charge in [-0.05, 0) is 23.8 Å². The van der Waals surface area contributed by atoms with Crippen LogP contribution in [0.25, 0.3) is 22.1 Å². The summed E-state index contributed by atoms with van der Waals surface area (Å²) in [5.74, 6) is -0.306. The van der Waals surface area contributed by atoms with Crippen molar-refractivity contribution in [2.45, 2.75) is 0 Å². The number of furan rings is 1. The standard InChI is InChI=1S/C15H10N2O4/c18-9-16-11-6-7-13-12(8-11)14(15(21-13)17(19)20)10-4-2-1-3-5-10/h1-9H,(H,16,18). The molecule has 104 valence electrons. The van der Waals surface area contributed by atoms with Gasteiger partial charge in [0.15, 0.2) is 0 Å². The lowest BCUT2D eigenvalue weighted by Crippen LogP contribution is -1.92. The second-order valence-corrected chi connectivity index (χ2v) is 4.38. The van der Waals surface area contributed by atoms with E-state index in [0.717, 1.165) is 0 Å². The smallest absolute Gasteiger partial charge is 0.400 e. The third kappa shape index (κ3) is 2.23. The van der Waals surface area contributed by atoms with Gasteiger partial charge in [0.25, 0.3) is 0 Å². The van der Waals surface area contributed by atoms with Gasteiger partial charge in [0, 0.05) is 11.1 Å². The maximum Gasteiger partial charge on any atom is 0.442 e. The largest absolute Gasteiger partial charge is 0.442 e. The van der Waals surface area contributed by atoms with Gasteiger partial charge in [0.2, 0.25) is 6.41 Å². The van der Waals surface area contributed by atoms with Gasteiger partial charge in [0.1, 0.15) is 16.1 Å². The molecule has 0 atom stereocenters. The van der Waals surface area contributed by atoms with E-state index in [9.17, 15) is 14.9 Å². The number of amides is 1. The molecule has 1 N–H and O–H groups in total. The lowest BCUT2D eigenvalue weighted by atomic mass is 10.0. The Bertz CT molecular complexity index is 824. The Morgan fingerprint density at radius 3 is 2.57 bits per heavy atom. The third-order valence-corrected chi connectivity index (χ3v) is 3.12. The first-order chi connectivity index (χ1) is 10.2. The summed E-state index contributed by atoms with van der Waals surface area (Å²) in [5.41, 5.74) is 2.04. The normalized spacial score (nSPS) is 10.5. The molecule has 0 fully saturated rings. The van der Waals surface area contributed by atoms with Gasteiger partial charge in [0.05, 0.1) is 0 Å². The summed E-state index contributed by atoms with van der Waals surface area (Å²) in [6.07, 6.45) is 0.553. The van der Waals surface area contributed by atoms with Crippen molar-refractivity contribution in [1.29, 1.82) is 0 Å². The Morgan fingerprint density at radius 2 is 1.90 bits per heavy atom. The second-order valence-electron chi connectivity index (χ2n) is 4.38. The molecule has 0 aliphatic heterocycles. The monoisotopic (exact) mass is 282 g/mol. The van der Waals surface area contributed by atoms with Crippen LogP contribution in [0.2, 0.25) is 0 Å². The van der Waals surface area contributed by atoms with Crippen LogP contribution in [0, 0.1) is 10.1 Å². The number of rotatable bonds is 4. The number of hydrogen-bond acceptors (Lipinski definition) is 4. The van der Waals surface area contributed by atoms with Crippen LogP contribution in [0.15, 0.2) is 52.9 Å². The Hall–Kier alpha value is -3.15. The van der Waals surface area contributed by atoms with Crippen molar-refractivity contribution in [3.8, 4) is 11.1 Å². The first-order valence-electron chi connectivity index (χ1n) is 6.17. The molecule has 6 heteroatoms. The SMILES string of the molecule is O=CNc1ccc2oc([N+](=O)[O-])c(-c3ccccc3)c2c1. The van der Waals surface area contributed by atoms with Gasteiger partial charge in [-0.3, -0.25) is 14.9 Å². The molecule has 1 amide bonds. The van der Waals surface area contributed by atoms with E-state index in [0.29, 0.717) is 34.2 Å². The molecule has 0 bridgehead atoms. The van der Waals surface area contributed by atoms with Gasteiger partial charge in [-0.2, -0.15) is 0 Å². The second kappa shape index (κ2) is 5.09. The van der Waals surface area contributed by atoms with Crippen molar-refractivity contribution >= 4 is 29.0 Å². The third-order valence-electron chi connectivity index (χ3n) is 3.12. The maximum absolute atomic E-state index is 11.2. The first kappa shape index (κ1) is 12.9. The van der Waals surface area contributed by atoms with Crippen molar-refractivity contribution in [1.82, 2.24) is 0 Å². The van der Waals surface area contributed by atoms with E-state index in [-0.39, 0.29) is 5.88 Å². The van der Waals surface area contributed by atoms with Crippen LogP contribution in [0.1, 0.15) is 0 Å². The predicted molar refractivity (Wildman–Crippen MR) is 78.0 cm³/mol. The molecule has 6 nitrogen and oxygen atoms in total. The molecule has 3 aromatic rings. The van der Waals surface area contributed by atoms with Gasteiger partial charge < -0.3 is 9.73 Å². The van der Waals surface area contributed by atoms with E-state index >= 15 is 0 Å². The van der Waals surface area contributed by atoms with Gasteiger partial charge in [-0.15, -0.1) is 0 Å². The minimum Gasteiger partial charge on any atom is -0.400 e. The molecule has 2 aromatic carbocycles. The zero-order chi connectivity index (χ0) is 14.8. The number of benzene rings is 2. The number of anilines is 1. The minimum atomic E-state index is -0.546. The molecular formula is C15H10N2O4. The predicted octanol–water partition coefficient (Wildman–Crippen LogP) is 3.58. The van der Waals surface area contributed by atoms with Gasteiger partial charge >= 0.3 is 5.88 Å². The fourth-order valence-electron chi connectivity index (χ4n) is 2.25. The number of carbonyl (C=O) groups is 1. The zero-order valence-corrected chi connectivity index (χ0v) is 10.8. The van der Waals surface area contributed by atoms with E-state index < -0.39 is 4.92 Å². The fourth-order valence-corrected chi connectivity index (χ4v) is 2.25.